The highest BCUT2D eigenvalue weighted by Gasteiger charge is 2.31. The molecule has 1 aromatic carbocycles. The lowest BCUT2D eigenvalue weighted by molar-refractivity contribution is -0.274. The summed E-state index contributed by atoms with van der Waals surface area (Å²) in [7, 11) is 0. The highest BCUT2D eigenvalue weighted by molar-refractivity contribution is 9.10. The van der Waals surface area contributed by atoms with Crippen molar-refractivity contribution in [2.75, 3.05) is 0 Å². The number of hydrogen-bond donors (Lipinski definition) is 0. The van der Waals surface area contributed by atoms with Crippen LogP contribution in [0.2, 0.25) is 0 Å². The van der Waals surface area contributed by atoms with Gasteiger partial charge in [0, 0.05) is 0 Å². The molecule has 0 aromatic heterocycles. The molecule has 0 amide bonds. The molecule has 0 saturated carbocycles. The zero-order valence-electron chi connectivity index (χ0n) is 8.23. The van der Waals surface area contributed by atoms with Gasteiger partial charge in [0.15, 0.2) is 0 Å². The van der Waals surface area contributed by atoms with Gasteiger partial charge in [-0.25, -0.2) is 0 Å². The summed E-state index contributed by atoms with van der Waals surface area (Å²) in [5, 5.41) is 0. The fourth-order valence-electron chi connectivity index (χ4n) is 1.08. The molecule has 0 atom stereocenters. The quantitative estimate of drug-likeness (QED) is 0.778. The lowest BCUT2D eigenvalue weighted by Crippen LogP contribution is -2.17. The van der Waals surface area contributed by atoms with Gasteiger partial charge in [0.25, 0.3) is 0 Å². The number of rotatable bonds is 2. The summed E-state index contributed by atoms with van der Waals surface area (Å²) < 4.78 is 39.9. The second-order valence-electron chi connectivity index (χ2n) is 3.39. The third kappa shape index (κ3) is 3.74. The summed E-state index contributed by atoms with van der Waals surface area (Å²) in [4.78, 5) is 0. The molecule has 0 N–H and O–H groups in total. The van der Waals surface area contributed by atoms with Gasteiger partial charge in [-0.3, -0.25) is 0 Å². The lowest BCUT2D eigenvalue weighted by atomic mass is 10.0. The molecule has 1 rings (SSSR count). The Bertz CT molecular complexity index is 347. The van der Waals surface area contributed by atoms with Crippen molar-refractivity contribution in [1.82, 2.24) is 0 Å². The number of ether oxygens (including phenoxy) is 1. The van der Waals surface area contributed by atoms with Gasteiger partial charge in [0.1, 0.15) is 5.75 Å². The molecule has 0 aliphatic heterocycles. The van der Waals surface area contributed by atoms with E-state index in [4.69, 9.17) is 0 Å². The standard InChI is InChI=1S/C10H10BrF3O/c1-6(2)7-3-4-9(8(11)5-7)15-10(12,13)14/h3-6H,1-2H3. The Morgan fingerprint density at radius 3 is 2.27 bits per heavy atom. The maximum absolute atomic E-state index is 11.9. The summed E-state index contributed by atoms with van der Waals surface area (Å²) >= 11 is 3.04. The Labute approximate surface area is 94.4 Å². The first kappa shape index (κ1) is 12.4. The number of hydrogen-bond acceptors (Lipinski definition) is 1. The smallest absolute Gasteiger partial charge is 0.405 e. The highest BCUT2D eigenvalue weighted by atomic mass is 79.9. The van der Waals surface area contributed by atoms with Gasteiger partial charge in [-0.1, -0.05) is 19.9 Å². The van der Waals surface area contributed by atoms with Gasteiger partial charge in [-0.15, -0.1) is 13.2 Å². The summed E-state index contributed by atoms with van der Waals surface area (Å²) in [6.07, 6.45) is -4.65. The molecule has 1 aromatic rings. The van der Waals surface area contributed by atoms with E-state index in [0.29, 0.717) is 4.47 Å². The first-order valence-electron chi connectivity index (χ1n) is 4.35. The van der Waals surface area contributed by atoms with Crippen LogP contribution in [-0.4, -0.2) is 6.36 Å². The predicted octanol–water partition coefficient (Wildman–Crippen LogP) is 4.47. The Hall–Kier alpha value is -0.710. The number of benzene rings is 1. The molecular formula is C10H10BrF3O. The van der Waals surface area contributed by atoms with Crippen molar-refractivity contribution in [3.8, 4) is 5.75 Å². The first-order chi connectivity index (χ1) is 6.79. The Morgan fingerprint density at radius 2 is 1.87 bits per heavy atom. The molecule has 0 unspecified atom stereocenters. The molecule has 0 fully saturated rings. The van der Waals surface area contributed by atoms with E-state index in [-0.39, 0.29) is 11.7 Å². The molecule has 0 bridgehead atoms. The maximum atomic E-state index is 11.9. The normalized spacial score (nSPS) is 11.9. The monoisotopic (exact) mass is 282 g/mol. The average molecular weight is 283 g/mol. The van der Waals surface area contributed by atoms with Crippen LogP contribution in [0, 0.1) is 0 Å². The van der Waals surface area contributed by atoms with Crippen LogP contribution in [0.25, 0.3) is 0 Å². The van der Waals surface area contributed by atoms with E-state index in [1.165, 1.54) is 6.07 Å². The van der Waals surface area contributed by atoms with Crippen LogP contribution in [0.5, 0.6) is 5.75 Å². The molecule has 0 aliphatic carbocycles. The van der Waals surface area contributed by atoms with Gasteiger partial charge in [-0.05, 0) is 39.5 Å². The van der Waals surface area contributed by atoms with Crippen LogP contribution in [0.1, 0.15) is 25.3 Å². The molecule has 0 radical (unpaired) electrons. The van der Waals surface area contributed by atoms with Crippen LogP contribution in [0.15, 0.2) is 22.7 Å². The average Bonchev–Trinajstić information content (AvgIpc) is 2.05. The summed E-state index contributed by atoms with van der Waals surface area (Å²) in [6.45, 7) is 3.93. The van der Waals surface area contributed by atoms with Gasteiger partial charge in [-0.2, -0.15) is 0 Å². The molecule has 0 spiro atoms. The Balaban J connectivity index is 2.94. The second kappa shape index (κ2) is 4.43. The van der Waals surface area contributed by atoms with Gasteiger partial charge in [0.2, 0.25) is 0 Å². The Morgan fingerprint density at radius 1 is 1.27 bits per heavy atom. The zero-order valence-corrected chi connectivity index (χ0v) is 9.82. The molecule has 0 aliphatic rings. The molecule has 5 heteroatoms. The van der Waals surface area contributed by atoms with Crippen molar-refractivity contribution in [1.29, 1.82) is 0 Å². The largest absolute Gasteiger partial charge is 0.573 e. The van der Waals surface area contributed by atoms with E-state index < -0.39 is 6.36 Å². The lowest BCUT2D eigenvalue weighted by Gasteiger charge is -2.12. The molecule has 0 saturated heterocycles. The molecular weight excluding hydrogens is 273 g/mol. The van der Waals surface area contributed by atoms with E-state index in [1.54, 1.807) is 12.1 Å². The number of halogens is 4. The van der Waals surface area contributed by atoms with Crippen molar-refractivity contribution in [2.45, 2.75) is 26.1 Å². The topological polar surface area (TPSA) is 9.23 Å². The van der Waals surface area contributed by atoms with Crippen molar-refractivity contribution >= 4 is 15.9 Å². The summed E-state index contributed by atoms with van der Waals surface area (Å²) in [5.41, 5.74) is 0.955. The van der Waals surface area contributed by atoms with E-state index >= 15 is 0 Å². The van der Waals surface area contributed by atoms with E-state index in [9.17, 15) is 13.2 Å². The molecule has 1 nitrogen and oxygen atoms in total. The minimum absolute atomic E-state index is 0.216. The molecule has 84 valence electrons. The molecule has 15 heavy (non-hydrogen) atoms. The fourth-order valence-corrected chi connectivity index (χ4v) is 1.56. The Kier molecular flexibility index (Phi) is 3.65. The molecule has 0 heterocycles. The van der Waals surface area contributed by atoms with Gasteiger partial charge >= 0.3 is 6.36 Å². The minimum atomic E-state index is -4.65. The van der Waals surface area contributed by atoms with Gasteiger partial charge < -0.3 is 4.74 Å². The third-order valence-corrected chi connectivity index (χ3v) is 2.47. The minimum Gasteiger partial charge on any atom is -0.405 e. The first-order valence-corrected chi connectivity index (χ1v) is 5.14. The van der Waals surface area contributed by atoms with E-state index in [1.807, 2.05) is 13.8 Å². The van der Waals surface area contributed by atoms with Crippen molar-refractivity contribution in [2.24, 2.45) is 0 Å². The van der Waals surface area contributed by atoms with Crippen molar-refractivity contribution in [3.05, 3.63) is 28.2 Å². The van der Waals surface area contributed by atoms with E-state index in [2.05, 4.69) is 20.7 Å². The van der Waals surface area contributed by atoms with Crippen LogP contribution in [0.4, 0.5) is 13.2 Å². The number of alkyl halides is 3. The predicted molar refractivity (Wildman–Crippen MR) is 54.9 cm³/mol. The fraction of sp³-hybridized carbons (Fsp3) is 0.400. The SMILES string of the molecule is CC(C)c1ccc(OC(F)(F)F)c(Br)c1. The summed E-state index contributed by atoms with van der Waals surface area (Å²) in [6, 6.07) is 4.56. The maximum Gasteiger partial charge on any atom is 0.573 e. The van der Waals surface area contributed by atoms with Crippen LogP contribution in [-0.2, 0) is 0 Å². The van der Waals surface area contributed by atoms with E-state index in [0.717, 1.165) is 5.56 Å². The van der Waals surface area contributed by atoms with Crippen molar-refractivity contribution < 1.29 is 17.9 Å². The zero-order chi connectivity index (χ0) is 11.6. The van der Waals surface area contributed by atoms with Crippen LogP contribution < -0.4 is 4.74 Å². The van der Waals surface area contributed by atoms with Crippen molar-refractivity contribution in [3.63, 3.8) is 0 Å². The summed E-state index contributed by atoms with van der Waals surface area (Å²) in [5.74, 6) is 0.0492. The third-order valence-electron chi connectivity index (χ3n) is 1.85. The second-order valence-corrected chi connectivity index (χ2v) is 4.25. The van der Waals surface area contributed by atoms with Crippen LogP contribution >= 0.6 is 15.9 Å². The van der Waals surface area contributed by atoms with Gasteiger partial charge in [0.05, 0.1) is 4.47 Å². The van der Waals surface area contributed by atoms with Crippen LogP contribution in [0.3, 0.4) is 0 Å². The highest BCUT2D eigenvalue weighted by Crippen LogP contribution is 2.32.